The van der Waals surface area contributed by atoms with Gasteiger partial charge in [0.2, 0.25) is 0 Å². The second-order valence-corrected chi connectivity index (χ2v) is 4.96. The molecule has 0 bridgehead atoms. The number of carboxylic acid groups (broad SMARTS) is 1. The van der Waals surface area contributed by atoms with Gasteiger partial charge in [-0.15, -0.1) is 0 Å². The Bertz CT molecular complexity index is 641. The van der Waals surface area contributed by atoms with Crippen molar-refractivity contribution in [1.82, 2.24) is 10.3 Å². The zero-order chi connectivity index (χ0) is 15.9. The van der Waals surface area contributed by atoms with Crippen LogP contribution in [-0.4, -0.2) is 28.0 Å². The van der Waals surface area contributed by atoms with E-state index in [2.05, 4.69) is 10.3 Å². The number of nitrogens with two attached hydrogens (primary N) is 1. The number of hydrogen-bond acceptors (Lipinski definition) is 4. The molecule has 0 aliphatic rings. The van der Waals surface area contributed by atoms with Crippen LogP contribution in [0.5, 0.6) is 0 Å². The first kappa shape index (κ1) is 15.5. The summed E-state index contributed by atoms with van der Waals surface area (Å²) in [5.41, 5.74) is 7.57. The average molecular weight is 299 g/mol. The van der Waals surface area contributed by atoms with Crippen LogP contribution in [0.4, 0.5) is 5.69 Å². The van der Waals surface area contributed by atoms with Gasteiger partial charge in [0.15, 0.2) is 0 Å². The minimum atomic E-state index is -0.966. The lowest BCUT2D eigenvalue weighted by molar-refractivity contribution is -0.137. The predicted molar refractivity (Wildman–Crippen MR) is 82.3 cm³/mol. The Morgan fingerprint density at radius 1 is 1.23 bits per heavy atom. The first-order valence-electron chi connectivity index (χ1n) is 6.81. The van der Waals surface area contributed by atoms with Gasteiger partial charge in [-0.05, 0) is 36.2 Å². The van der Waals surface area contributed by atoms with Gasteiger partial charge in [0.1, 0.15) is 0 Å². The summed E-state index contributed by atoms with van der Waals surface area (Å²) in [7, 11) is 0. The standard InChI is InChI=1S/C16H17N3O3/c17-13-5-3-11(4-6-13)8-14(9-15(20)21)19-16(22)12-2-1-7-18-10-12/h1-7,10,14H,8-9,17H2,(H,19,22)(H,20,21)/t14-/m1/s1. The summed E-state index contributed by atoms with van der Waals surface area (Å²) >= 11 is 0. The third kappa shape index (κ3) is 4.59. The van der Waals surface area contributed by atoms with Crippen molar-refractivity contribution in [3.63, 3.8) is 0 Å². The molecule has 1 atom stereocenters. The van der Waals surface area contributed by atoms with Crippen LogP contribution in [0.15, 0.2) is 48.8 Å². The Kier molecular flexibility index (Phi) is 5.08. The van der Waals surface area contributed by atoms with E-state index in [0.29, 0.717) is 17.7 Å². The lowest BCUT2D eigenvalue weighted by atomic mass is 10.0. The minimum Gasteiger partial charge on any atom is -0.481 e. The fourth-order valence-corrected chi connectivity index (χ4v) is 2.09. The first-order chi connectivity index (χ1) is 10.5. The number of hydrogen-bond donors (Lipinski definition) is 3. The first-order valence-corrected chi connectivity index (χ1v) is 6.81. The summed E-state index contributed by atoms with van der Waals surface area (Å²) in [4.78, 5) is 27.0. The zero-order valence-corrected chi connectivity index (χ0v) is 11.9. The molecule has 0 aliphatic carbocycles. The normalized spacial score (nSPS) is 11.6. The Balaban J connectivity index is 2.07. The fraction of sp³-hybridized carbons (Fsp3) is 0.188. The summed E-state index contributed by atoms with van der Waals surface area (Å²) in [6, 6.07) is 9.91. The molecular formula is C16H17N3O3. The van der Waals surface area contributed by atoms with Gasteiger partial charge in [0.05, 0.1) is 12.0 Å². The predicted octanol–water partition coefficient (Wildman–Crippen LogP) is 1.48. The Labute approximate surface area is 128 Å². The molecule has 0 radical (unpaired) electrons. The quantitative estimate of drug-likeness (QED) is 0.701. The molecule has 0 fully saturated rings. The highest BCUT2D eigenvalue weighted by atomic mass is 16.4. The van der Waals surface area contributed by atoms with Crippen LogP contribution in [0.25, 0.3) is 0 Å². The SMILES string of the molecule is Nc1ccc(C[C@H](CC(=O)O)NC(=O)c2cccnc2)cc1. The van der Waals surface area contributed by atoms with E-state index in [1.54, 1.807) is 30.5 Å². The molecule has 2 aromatic rings. The largest absolute Gasteiger partial charge is 0.481 e. The van der Waals surface area contributed by atoms with E-state index < -0.39 is 12.0 Å². The van der Waals surface area contributed by atoms with E-state index in [1.165, 1.54) is 6.20 Å². The van der Waals surface area contributed by atoms with Crippen LogP contribution < -0.4 is 11.1 Å². The van der Waals surface area contributed by atoms with Crippen LogP contribution in [0.2, 0.25) is 0 Å². The van der Waals surface area contributed by atoms with Gasteiger partial charge < -0.3 is 16.2 Å². The highest BCUT2D eigenvalue weighted by Gasteiger charge is 2.17. The number of nitrogens with one attached hydrogen (secondary N) is 1. The van der Waals surface area contributed by atoms with Crippen molar-refractivity contribution in [2.24, 2.45) is 0 Å². The van der Waals surface area contributed by atoms with Gasteiger partial charge in [-0.2, -0.15) is 0 Å². The van der Waals surface area contributed by atoms with Gasteiger partial charge >= 0.3 is 5.97 Å². The van der Waals surface area contributed by atoms with E-state index >= 15 is 0 Å². The van der Waals surface area contributed by atoms with Crippen LogP contribution in [0.3, 0.4) is 0 Å². The van der Waals surface area contributed by atoms with Gasteiger partial charge in [0.25, 0.3) is 5.91 Å². The smallest absolute Gasteiger partial charge is 0.305 e. The second-order valence-electron chi connectivity index (χ2n) is 4.96. The topological polar surface area (TPSA) is 105 Å². The third-order valence-corrected chi connectivity index (χ3v) is 3.14. The molecule has 2 rings (SSSR count). The molecule has 1 aromatic carbocycles. The number of aromatic nitrogens is 1. The molecule has 4 N–H and O–H groups in total. The Hall–Kier alpha value is -2.89. The number of carbonyl (C=O) groups is 2. The second kappa shape index (κ2) is 7.21. The molecule has 1 amide bonds. The number of aliphatic carboxylic acids is 1. The maximum absolute atomic E-state index is 12.1. The number of nitrogen functional groups attached to an aromatic ring is 1. The molecule has 1 heterocycles. The van der Waals surface area contributed by atoms with Gasteiger partial charge in [-0.25, -0.2) is 0 Å². The molecule has 6 heteroatoms. The Morgan fingerprint density at radius 2 is 1.95 bits per heavy atom. The molecule has 22 heavy (non-hydrogen) atoms. The molecule has 114 valence electrons. The van der Waals surface area contributed by atoms with Gasteiger partial charge in [-0.1, -0.05) is 12.1 Å². The number of carboxylic acids is 1. The van der Waals surface area contributed by atoms with Gasteiger partial charge in [-0.3, -0.25) is 14.6 Å². The van der Waals surface area contributed by atoms with Crippen molar-refractivity contribution < 1.29 is 14.7 Å². The van der Waals surface area contributed by atoms with Crippen molar-refractivity contribution in [3.8, 4) is 0 Å². The minimum absolute atomic E-state index is 0.156. The van der Waals surface area contributed by atoms with E-state index in [9.17, 15) is 9.59 Å². The number of rotatable bonds is 6. The van der Waals surface area contributed by atoms with Crippen LogP contribution in [0.1, 0.15) is 22.3 Å². The number of anilines is 1. The van der Waals surface area contributed by atoms with E-state index in [-0.39, 0.29) is 12.3 Å². The maximum Gasteiger partial charge on any atom is 0.305 e. The summed E-state index contributed by atoms with van der Waals surface area (Å²) in [6.45, 7) is 0. The lowest BCUT2D eigenvalue weighted by Crippen LogP contribution is -2.38. The van der Waals surface area contributed by atoms with Gasteiger partial charge in [0, 0.05) is 24.1 Å². The van der Waals surface area contributed by atoms with E-state index in [4.69, 9.17) is 10.8 Å². The average Bonchev–Trinajstić information content (AvgIpc) is 2.50. The van der Waals surface area contributed by atoms with Crippen molar-refractivity contribution >= 4 is 17.6 Å². The molecule has 0 saturated heterocycles. The Morgan fingerprint density at radius 3 is 2.55 bits per heavy atom. The van der Waals surface area contributed by atoms with E-state index in [0.717, 1.165) is 5.56 Å². The third-order valence-electron chi connectivity index (χ3n) is 3.14. The zero-order valence-electron chi connectivity index (χ0n) is 11.9. The fourth-order valence-electron chi connectivity index (χ4n) is 2.09. The molecule has 0 aliphatic heterocycles. The number of carbonyl (C=O) groups excluding carboxylic acids is 1. The molecule has 0 spiro atoms. The number of benzene rings is 1. The highest BCUT2D eigenvalue weighted by Crippen LogP contribution is 2.10. The summed E-state index contributed by atoms with van der Waals surface area (Å²) in [6.07, 6.45) is 3.27. The molecule has 1 aromatic heterocycles. The van der Waals surface area contributed by atoms with Crippen molar-refractivity contribution in [2.45, 2.75) is 18.9 Å². The molecule has 0 unspecified atom stereocenters. The van der Waals surface area contributed by atoms with Crippen molar-refractivity contribution in [2.75, 3.05) is 5.73 Å². The highest BCUT2D eigenvalue weighted by molar-refractivity contribution is 5.94. The maximum atomic E-state index is 12.1. The van der Waals surface area contributed by atoms with Crippen LogP contribution in [-0.2, 0) is 11.2 Å². The van der Waals surface area contributed by atoms with Crippen molar-refractivity contribution in [3.05, 3.63) is 59.9 Å². The summed E-state index contributed by atoms with van der Waals surface area (Å²) in [5, 5.41) is 11.7. The molecule has 0 saturated carbocycles. The number of nitrogens with zero attached hydrogens (tertiary/aromatic N) is 1. The molecule has 6 nitrogen and oxygen atoms in total. The lowest BCUT2D eigenvalue weighted by Gasteiger charge is -2.17. The summed E-state index contributed by atoms with van der Waals surface area (Å²) in [5.74, 6) is -1.30. The molecular weight excluding hydrogens is 282 g/mol. The van der Waals surface area contributed by atoms with Crippen molar-refractivity contribution in [1.29, 1.82) is 0 Å². The monoisotopic (exact) mass is 299 g/mol. The van der Waals surface area contributed by atoms with E-state index in [1.807, 2.05) is 12.1 Å². The number of amides is 1. The van der Waals surface area contributed by atoms with Crippen LogP contribution in [0, 0.1) is 0 Å². The van der Waals surface area contributed by atoms with Crippen LogP contribution >= 0.6 is 0 Å². The summed E-state index contributed by atoms with van der Waals surface area (Å²) < 4.78 is 0. The number of pyridine rings is 1.